The number of hydrogen-bond donors (Lipinski definition) is 2. The second-order valence-corrected chi connectivity index (χ2v) is 7.50. The Morgan fingerprint density at radius 2 is 1.89 bits per heavy atom. The van der Waals surface area contributed by atoms with Crippen molar-refractivity contribution in [3.63, 3.8) is 0 Å². The lowest BCUT2D eigenvalue weighted by molar-refractivity contribution is -0.117. The summed E-state index contributed by atoms with van der Waals surface area (Å²) in [7, 11) is 0. The highest BCUT2D eigenvalue weighted by Gasteiger charge is 2.16. The largest absolute Gasteiger partial charge is 0.350 e. The fourth-order valence-electron chi connectivity index (χ4n) is 2.73. The van der Waals surface area contributed by atoms with Crippen molar-refractivity contribution in [3.8, 4) is 0 Å². The van der Waals surface area contributed by atoms with Gasteiger partial charge in [-0.15, -0.1) is 11.3 Å². The van der Waals surface area contributed by atoms with Crippen LogP contribution in [0.1, 0.15) is 54.8 Å². The molecule has 144 valence electrons. The summed E-state index contributed by atoms with van der Waals surface area (Å²) in [5.41, 5.74) is 0.799. The van der Waals surface area contributed by atoms with Crippen molar-refractivity contribution in [2.24, 2.45) is 5.92 Å². The van der Waals surface area contributed by atoms with Crippen molar-refractivity contribution >= 4 is 29.2 Å². The van der Waals surface area contributed by atoms with Gasteiger partial charge in [0.1, 0.15) is 5.70 Å². The maximum atomic E-state index is 12.7. The molecule has 0 saturated carbocycles. The van der Waals surface area contributed by atoms with Gasteiger partial charge in [-0.05, 0) is 42.0 Å². The Labute approximate surface area is 165 Å². The summed E-state index contributed by atoms with van der Waals surface area (Å²) < 4.78 is 0. The second kappa shape index (κ2) is 11.3. The van der Waals surface area contributed by atoms with Crippen LogP contribution in [-0.4, -0.2) is 18.4 Å². The lowest BCUT2D eigenvalue weighted by atomic mass is 9.99. The first-order valence-electron chi connectivity index (χ1n) is 9.53. The minimum Gasteiger partial charge on any atom is -0.350 e. The molecule has 0 aliphatic rings. The number of nitrogens with one attached hydrogen (secondary N) is 2. The Bertz CT molecular complexity index is 739. The van der Waals surface area contributed by atoms with Crippen LogP contribution in [0.2, 0.25) is 0 Å². The van der Waals surface area contributed by atoms with Crippen molar-refractivity contribution in [2.45, 2.75) is 39.5 Å². The van der Waals surface area contributed by atoms with Gasteiger partial charge in [-0.2, -0.15) is 0 Å². The number of carbonyl (C=O) groups excluding carboxylic acids is 2. The predicted molar refractivity (Wildman–Crippen MR) is 113 cm³/mol. The fraction of sp³-hybridized carbons (Fsp3) is 0.364. The van der Waals surface area contributed by atoms with Gasteiger partial charge in [0.15, 0.2) is 0 Å². The highest BCUT2D eigenvalue weighted by Crippen LogP contribution is 2.14. The van der Waals surface area contributed by atoms with Gasteiger partial charge in [0.2, 0.25) is 0 Å². The van der Waals surface area contributed by atoms with Gasteiger partial charge in [0, 0.05) is 17.0 Å². The van der Waals surface area contributed by atoms with Crippen molar-refractivity contribution in [1.82, 2.24) is 10.6 Å². The molecule has 0 fully saturated rings. The highest BCUT2D eigenvalue weighted by atomic mass is 32.1. The molecule has 1 heterocycles. The van der Waals surface area contributed by atoms with E-state index < -0.39 is 0 Å². The molecule has 0 aliphatic carbocycles. The van der Waals surface area contributed by atoms with Crippen molar-refractivity contribution in [3.05, 3.63) is 64.0 Å². The topological polar surface area (TPSA) is 58.2 Å². The Morgan fingerprint density at radius 1 is 1.11 bits per heavy atom. The van der Waals surface area contributed by atoms with E-state index in [9.17, 15) is 9.59 Å². The van der Waals surface area contributed by atoms with Gasteiger partial charge in [-0.1, -0.05) is 57.4 Å². The summed E-state index contributed by atoms with van der Waals surface area (Å²) in [5.74, 6) is -0.0732. The van der Waals surface area contributed by atoms with E-state index in [4.69, 9.17) is 0 Å². The van der Waals surface area contributed by atoms with Gasteiger partial charge < -0.3 is 10.6 Å². The van der Waals surface area contributed by atoms with E-state index in [0.717, 1.165) is 30.6 Å². The maximum absolute atomic E-state index is 12.7. The molecular formula is C22H28N2O2S. The SMILES string of the molecule is CCCC[C@H](CC)CNC(=O)/C(=C/c1cccs1)NC(=O)c1ccccc1. The quantitative estimate of drug-likeness (QED) is 0.575. The van der Waals surface area contributed by atoms with Crippen molar-refractivity contribution < 1.29 is 9.59 Å². The molecule has 2 aromatic rings. The molecule has 1 atom stereocenters. The van der Waals surface area contributed by atoms with Crippen LogP contribution in [-0.2, 0) is 4.79 Å². The lowest BCUT2D eigenvalue weighted by Gasteiger charge is -2.16. The predicted octanol–water partition coefficient (Wildman–Crippen LogP) is 4.85. The van der Waals surface area contributed by atoms with Crippen LogP contribution in [0.4, 0.5) is 0 Å². The Balaban J connectivity index is 2.08. The van der Waals surface area contributed by atoms with Gasteiger partial charge >= 0.3 is 0 Å². The van der Waals surface area contributed by atoms with Crippen molar-refractivity contribution in [1.29, 1.82) is 0 Å². The Morgan fingerprint density at radius 3 is 2.52 bits per heavy atom. The van der Waals surface area contributed by atoms with Crippen LogP contribution < -0.4 is 10.6 Å². The zero-order valence-corrected chi connectivity index (χ0v) is 16.9. The molecule has 0 aliphatic heterocycles. The van der Waals surface area contributed by atoms with Crippen LogP contribution in [0.25, 0.3) is 6.08 Å². The van der Waals surface area contributed by atoms with Gasteiger partial charge in [-0.25, -0.2) is 0 Å². The van der Waals surface area contributed by atoms with E-state index >= 15 is 0 Å². The van der Waals surface area contributed by atoms with E-state index in [-0.39, 0.29) is 17.5 Å². The maximum Gasteiger partial charge on any atom is 0.267 e. The number of unbranched alkanes of at least 4 members (excludes halogenated alkanes) is 1. The molecule has 2 amide bonds. The number of rotatable bonds is 10. The number of thiophene rings is 1. The molecule has 2 N–H and O–H groups in total. The molecule has 0 radical (unpaired) electrons. The van der Waals surface area contributed by atoms with Crippen LogP contribution >= 0.6 is 11.3 Å². The normalized spacial score (nSPS) is 12.4. The van der Waals surface area contributed by atoms with Gasteiger partial charge in [0.25, 0.3) is 11.8 Å². The third-order valence-electron chi connectivity index (χ3n) is 4.45. The zero-order chi connectivity index (χ0) is 19.5. The number of benzene rings is 1. The monoisotopic (exact) mass is 384 g/mol. The number of hydrogen-bond acceptors (Lipinski definition) is 3. The lowest BCUT2D eigenvalue weighted by Crippen LogP contribution is -2.37. The third-order valence-corrected chi connectivity index (χ3v) is 5.27. The Kier molecular flexibility index (Phi) is 8.78. The molecule has 0 saturated heterocycles. The average molecular weight is 385 g/mol. The third kappa shape index (κ3) is 7.02. The molecule has 1 aromatic carbocycles. The van der Waals surface area contributed by atoms with E-state index in [2.05, 4.69) is 24.5 Å². The fourth-order valence-corrected chi connectivity index (χ4v) is 3.39. The zero-order valence-electron chi connectivity index (χ0n) is 16.0. The number of carbonyl (C=O) groups is 2. The van der Waals surface area contributed by atoms with Gasteiger partial charge in [-0.3, -0.25) is 9.59 Å². The average Bonchev–Trinajstić information content (AvgIpc) is 3.21. The first-order chi connectivity index (χ1) is 13.1. The summed E-state index contributed by atoms with van der Waals surface area (Å²) in [6.45, 7) is 4.94. The minimum atomic E-state index is -0.286. The molecular weight excluding hydrogens is 356 g/mol. The van der Waals surface area contributed by atoms with E-state index in [0.29, 0.717) is 18.0 Å². The van der Waals surface area contributed by atoms with E-state index in [1.165, 1.54) is 11.3 Å². The molecule has 0 spiro atoms. The van der Waals surface area contributed by atoms with Crippen LogP contribution in [0, 0.1) is 5.92 Å². The van der Waals surface area contributed by atoms with Crippen LogP contribution in [0.5, 0.6) is 0 Å². The molecule has 4 nitrogen and oxygen atoms in total. The first-order valence-corrected chi connectivity index (χ1v) is 10.4. The first kappa shape index (κ1) is 20.9. The molecule has 1 aromatic heterocycles. The van der Waals surface area contributed by atoms with E-state index in [1.807, 2.05) is 23.6 Å². The standard InChI is InChI=1S/C22H28N2O2S/c1-3-5-10-17(4-2)16-23-22(26)20(15-19-13-9-14-27-19)24-21(25)18-11-7-6-8-12-18/h6-9,11-15,17H,3-5,10,16H2,1-2H3,(H,23,26)(H,24,25)/b20-15-/t17-/m0/s1. The summed E-state index contributed by atoms with van der Waals surface area (Å²) in [6.07, 6.45) is 6.18. The molecule has 0 bridgehead atoms. The molecule has 27 heavy (non-hydrogen) atoms. The summed E-state index contributed by atoms with van der Waals surface area (Å²) >= 11 is 1.52. The smallest absolute Gasteiger partial charge is 0.267 e. The summed E-state index contributed by atoms with van der Waals surface area (Å²) in [4.78, 5) is 26.2. The summed E-state index contributed by atoms with van der Waals surface area (Å²) in [6, 6.07) is 12.8. The highest BCUT2D eigenvalue weighted by molar-refractivity contribution is 7.10. The number of amides is 2. The van der Waals surface area contributed by atoms with Gasteiger partial charge in [0.05, 0.1) is 0 Å². The molecule has 0 unspecified atom stereocenters. The minimum absolute atomic E-state index is 0.248. The van der Waals surface area contributed by atoms with E-state index in [1.54, 1.807) is 30.3 Å². The van der Waals surface area contributed by atoms with Crippen LogP contribution in [0.15, 0.2) is 53.5 Å². The Hall–Kier alpha value is -2.40. The van der Waals surface area contributed by atoms with Crippen LogP contribution in [0.3, 0.4) is 0 Å². The summed E-state index contributed by atoms with van der Waals surface area (Å²) in [5, 5.41) is 7.71. The molecule has 5 heteroatoms. The molecule has 2 rings (SSSR count). The van der Waals surface area contributed by atoms with Crippen molar-refractivity contribution in [2.75, 3.05) is 6.54 Å². The second-order valence-electron chi connectivity index (χ2n) is 6.52.